The van der Waals surface area contributed by atoms with E-state index < -0.39 is 0 Å². The van der Waals surface area contributed by atoms with Gasteiger partial charge in [0.2, 0.25) is 5.82 Å². The van der Waals surface area contributed by atoms with Crippen LogP contribution in [0.2, 0.25) is 0 Å². The van der Waals surface area contributed by atoms with Crippen molar-refractivity contribution in [3.8, 4) is 0 Å². The zero-order valence-corrected chi connectivity index (χ0v) is 11.1. The second-order valence-electron chi connectivity index (χ2n) is 4.82. The molecule has 0 bridgehead atoms. The summed E-state index contributed by atoms with van der Waals surface area (Å²) >= 11 is 0. The number of carbonyl (C=O) groups is 1. The second kappa shape index (κ2) is 5.95. The van der Waals surface area contributed by atoms with Crippen molar-refractivity contribution in [2.24, 2.45) is 0 Å². The monoisotopic (exact) mass is 251 g/mol. The van der Waals surface area contributed by atoms with Crippen LogP contribution in [-0.4, -0.2) is 52.2 Å². The highest BCUT2D eigenvalue weighted by atomic mass is 16.2. The number of H-pyrrole nitrogens is 1. The van der Waals surface area contributed by atoms with E-state index in [1.54, 1.807) is 0 Å². The molecule has 1 heterocycles. The Bertz CT molecular complexity index is 399. The summed E-state index contributed by atoms with van der Waals surface area (Å²) in [6.07, 6.45) is 4.38. The van der Waals surface area contributed by atoms with E-state index in [1.807, 2.05) is 0 Å². The van der Waals surface area contributed by atoms with Crippen LogP contribution in [0.15, 0.2) is 0 Å². The summed E-state index contributed by atoms with van der Waals surface area (Å²) in [4.78, 5) is 18.2. The fourth-order valence-corrected chi connectivity index (χ4v) is 1.87. The average molecular weight is 251 g/mol. The van der Waals surface area contributed by atoms with E-state index in [2.05, 4.69) is 39.4 Å². The van der Waals surface area contributed by atoms with Gasteiger partial charge in [-0.1, -0.05) is 6.92 Å². The molecule has 0 spiro atoms. The summed E-state index contributed by atoms with van der Waals surface area (Å²) < 4.78 is 0. The van der Waals surface area contributed by atoms with E-state index in [0.717, 1.165) is 31.3 Å². The zero-order valence-electron chi connectivity index (χ0n) is 11.1. The van der Waals surface area contributed by atoms with Gasteiger partial charge < -0.3 is 10.2 Å². The minimum Gasteiger partial charge on any atom is -0.348 e. The number of hydrogen-bond acceptors (Lipinski definition) is 4. The van der Waals surface area contributed by atoms with Crippen LogP contribution in [0.25, 0.3) is 0 Å². The molecule has 18 heavy (non-hydrogen) atoms. The standard InChI is InChI=1S/C12H21N5O/c1-3-4-10-14-11(16-15-10)12(18)13-7-8-17(2)9-5-6-9/h9H,3-8H2,1-2H3,(H,13,18)(H,14,15,16). The molecule has 6 nitrogen and oxygen atoms in total. The molecule has 2 N–H and O–H groups in total. The van der Waals surface area contributed by atoms with E-state index in [1.165, 1.54) is 12.8 Å². The lowest BCUT2D eigenvalue weighted by atomic mass is 10.3. The lowest BCUT2D eigenvalue weighted by molar-refractivity contribution is 0.0939. The van der Waals surface area contributed by atoms with Crippen molar-refractivity contribution in [2.45, 2.75) is 38.6 Å². The van der Waals surface area contributed by atoms with E-state index in [4.69, 9.17) is 0 Å². The summed E-state index contributed by atoms with van der Waals surface area (Å²) in [5, 5.41) is 9.54. The van der Waals surface area contributed by atoms with Gasteiger partial charge in [0, 0.05) is 25.6 Å². The molecule has 6 heteroatoms. The molecule has 0 atom stereocenters. The van der Waals surface area contributed by atoms with E-state index in [0.29, 0.717) is 6.54 Å². The first-order valence-electron chi connectivity index (χ1n) is 6.60. The molecule has 0 saturated heterocycles. The number of carbonyl (C=O) groups excluding carboxylic acids is 1. The molecule has 1 aromatic heterocycles. The van der Waals surface area contributed by atoms with Crippen LogP contribution in [0.3, 0.4) is 0 Å². The molecule has 0 unspecified atom stereocenters. The first-order valence-corrected chi connectivity index (χ1v) is 6.60. The number of aromatic amines is 1. The molecule has 1 aliphatic rings. The summed E-state index contributed by atoms with van der Waals surface area (Å²) in [6.45, 7) is 3.59. The Labute approximate surface area is 107 Å². The molecule has 1 saturated carbocycles. The van der Waals surface area contributed by atoms with Crippen molar-refractivity contribution in [3.63, 3.8) is 0 Å². The zero-order chi connectivity index (χ0) is 13.0. The molecular weight excluding hydrogens is 230 g/mol. The summed E-state index contributed by atoms with van der Waals surface area (Å²) in [5.41, 5.74) is 0. The third-order valence-electron chi connectivity index (χ3n) is 3.14. The first-order chi connectivity index (χ1) is 8.70. The maximum Gasteiger partial charge on any atom is 0.291 e. The predicted molar refractivity (Wildman–Crippen MR) is 68.4 cm³/mol. The molecule has 1 amide bonds. The molecule has 0 radical (unpaired) electrons. The lowest BCUT2D eigenvalue weighted by Crippen LogP contribution is -2.34. The third kappa shape index (κ3) is 3.53. The average Bonchev–Trinajstić information content (AvgIpc) is 3.10. The molecule has 0 aromatic carbocycles. The topological polar surface area (TPSA) is 73.9 Å². The Morgan fingerprint density at radius 1 is 1.56 bits per heavy atom. The van der Waals surface area contributed by atoms with Crippen molar-refractivity contribution in [3.05, 3.63) is 11.6 Å². The lowest BCUT2D eigenvalue weighted by Gasteiger charge is -2.15. The van der Waals surface area contributed by atoms with E-state index in [-0.39, 0.29) is 11.7 Å². The van der Waals surface area contributed by atoms with Crippen LogP contribution in [-0.2, 0) is 6.42 Å². The number of hydrogen-bond donors (Lipinski definition) is 2. The third-order valence-corrected chi connectivity index (χ3v) is 3.14. The number of nitrogens with one attached hydrogen (secondary N) is 2. The molecule has 0 aliphatic heterocycles. The van der Waals surface area contributed by atoms with Crippen molar-refractivity contribution >= 4 is 5.91 Å². The highest BCUT2D eigenvalue weighted by Gasteiger charge is 2.25. The minimum absolute atomic E-state index is 0.196. The Kier molecular flexibility index (Phi) is 4.30. The fourth-order valence-electron chi connectivity index (χ4n) is 1.87. The molecular formula is C12H21N5O. The Balaban J connectivity index is 1.72. The molecule has 2 rings (SSSR count). The van der Waals surface area contributed by atoms with Gasteiger partial charge >= 0.3 is 0 Å². The van der Waals surface area contributed by atoms with Gasteiger partial charge in [-0.05, 0) is 26.3 Å². The predicted octanol–water partition coefficient (Wildman–Crippen LogP) is 0.581. The summed E-state index contributed by atoms with van der Waals surface area (Å²) in [6, 6.07) is 0.724. The Morgan fingerprint density at radius 2 is 2.33 bits per heavy atom. The SMILES string of the molecule is CCCc1nc(C(=O)NCCN(C)C2CC2)n[nH]1. The van der Waals surface area contributed by atoms with Crippen LogP contribution in [0.5, 0.6) is 0 Å². The van der Waals surface area contributed by atoms with Gasteiger partial charge in [0.05, 0.1) is 0 Å². The van der Waals surface area contributed by atoms with Crippen molar-refractivity contribution in [1.29, 1.82) is 0 Å². The van der Waals surface area contributed by atoms with Crippen LogP contribution < -0.4 is 5.32 Å². The van der Waals surface area contributed by atoms with Gasteiger partial charge in [0.15, 0.2) is 0 Å². The van der Waals surface area contributed by atoms with Gasteiger partial charge in [0.1, 0.15) is 5.82 Å². The van der Waals surface area contributed by atoms with Gasteiger partial charge in [-0.3, -0.25) is 9.89 Å². The summed E-state index contributed by atoms with van der Waals surface area (Å²) in [5.74, 6) is 0.822. The highest BCUT2D eigenvalue weighted by Crippen LogP contribution is 2.24. The molecule has 1 aromatic rings. The number of rotatable bonds is 7. The number of nitrogens with zero attached hydrogens (tertiary/aromatic N) is 3. The maximum absolute atomic E-state index is 11.8. The normalized spacial score (nSPS) is 15.1. The van der Waals surface area contributed by atoms with Crippen molar-refractivity contribution in [1.82, 2.24) is 25.4 Å². The smallest absolute Gasteiger partial charge is 0.291 e. The Morgan fingerprint density at radius 3 is 3.00 bits per heavy atom. The number of amides is 1. The molecule has 100 valence electrons. The fraction of sp³-hybridized carbons (Fsp3) is 0.750. The largest absolute Gasteiger partial charge is 0.348 e. The van der Waals surface area contributed by atoms with Crippen molar-refractivity contribution < 1.29 is 4.79 Å². The van der Waals surface area contributed by atoms with Crippen LogP contribution in [0, 0.1) is 0 Å². The van der Waals surface area contributed by atoms with Gasteiger partial charge in [0.25, 0.3) is 5.91 Å². The van der Waals surface area contributed by atoms with E-state index in [9.17, 15) is 4.79 Å². The quantitative estimate of drug-likeness (QED) is 0.743. The van der Waals surface area contributed by atoms with Gasteiger partial charge in [-0.2, -0.15) is 0 Å². The number of likely N-dealkylation sites (N-methyl/N-ethyl adjacent to an activating group) is 1. The van der Waals surface area contributed by atoms with Crippen LogP contribution >= 0.6 is 0 Å². The first kappa shape index (κ1) is 13.0. The number of aromatic nitrogens is 3. The second-order valence-corrected chi connectivity index (χ2v) is 4.82. The molecule has 1 fully saturated rings. The van der Waals surface area contributed by atoms with Crippen LogP contribution in [0.4, 0.5) is 0 Å². The highest BCUT2D eigenvalue weighted by molar-refractivity contribution is 5.90. The van der Waals surface area contributed by atoms with E-state index >= 15 is 0 Å². The van der Waals surface area contributed by atoms with Crippen molar-refractivity contribution in [2.75, 3.05) is 20.1 Å². The van der Waals surface area contributed by atoms with Gasteiger partial charge in [-0.25, -0.2) is 4.98 Å². The minimum atomic E-state index is -0.196. The Hall–Kier alpha value is -1.43. The summed E-state index contributed by atoms with van der Waals surface area (Å²) in [7, 11) is 2.09. The maximum atomic E-state index is 11.8. The van der Waals surface area contributed by atoms with Gasteiger partial charge in [-0.15, -0.1) is 5.10 Å². The number of aryl methyl sites for hydroxylation is 1. The molecule has 1 aliphatic carbocycles. The van der Waals surface area contributed by atoms with Crippen LogP contribution in [0.1, 0.15) is 42.6 Å².